The standard InChI is InChI=1S/C12H10Cl2N2O2/c1-2-18-12(17)7-5-16-9-4-6(13)3-8(14)10(9)11(7)15/h3-5H,2H2,1H3,(H2,15,16). The second-order valence-electron chi connectivity index (χ2n) is 3.59. The molecule has 0 radical (unpaired) electrons. The molecule has 0 aliphatic heterocycles. The third-order valence-electron chi connectivity index (χ3n) is 2.42. The van der Waals surface area contributed by atoms with Crippen molar-refractivity contribution in [3.8, 4) is 0 Å². The van der Waals surface area contributed by atoms with Gasteiger partial charge in [0.1, 0.15) is 5.56 Å². The first-order valence-electron chi connectivity index (χ1n) is 5.25. The van der Waals surface area contributed by atoms with Crippen molar-refractivity contribution in [1.29, 1.82) is 0 Å². The van der Waals surface area contributed by atoms with E-state index in [9.17, 15) is 4.79 Å². The van der Waals surface area contributed by atoms with E-state index in [1.165, 1.54) is 6.20 Å². The summed E-state index contributed by atoms with van der Waals surface area (Å²) in [6, 6.07) is 3.19. The second kappa shape index (κ2) is 5.00. The van der Waals surface area contributed by atoms with Gasteiger partial charge in [-0.15, -0.1) is 0 Å². The number of nitrogens with zero attached hydrogens (tertiary/aromatic N) is 1. The Balaban J connectivity index is 2.67. The lowest BCUT2D eigenvalue weighted by Crippen LogP contribution is -2.09. The van der Waals surface area contributed by atoms with Crippen molar-refractivity contribution in [2.75, 3.05) is 12.3 Å². The highest BCUT2D eigenvalue weighted by atomic mass is 35.5. The zero-order valence-electron chi connectivity index (χ0n) is 9.54. The highest BCUT2D eigenvalue weighted by molar-refractivity contribution is 6.39. The monoisotopic (exact) mass is 284 g/mol. The van der Waals surface area contributed by atoms with Gasteiger partial charge in [0.2, 0.25) is 0 Å². The van der Waals surface area contributed by atoms with E-state index in [4.69, 9.17) is 33.7 Å². The second-order valence-corrected chi connectivity index (χ2v) is 4.43. The molecule has 0 amide bonds. The van der Waals surface area contributed by atoms with Gasteiger partial charge in [0.15, 0.2) is 0 Å². The Labute approximate surface area is 114 Å². The molecule has 94 valence electrons. The highest BCUT2D eigenvalue weighted by Gasteiger charge is 2.16. The summed E-state index contributed by atoms with van der Waals surface area (Å²) in [6.07, 6.45) is 1.36. The molecule has 0 spiro atoms. The maximum absolute atomic E-state index is 11.7. The number of pyridine rings is 1. The largest absolute Gasteiger partial charge is 0.462 e. The number of esters is 1. The van der Waals surface area contributed by atoms with Crippen molar-refractivity contribution in [2.24, 2.45) is 0 Å². The average molecular weight is 285 g/mol. The molecule has 2 N–H and O–H groups in total. The summed E-state index contributed by atoms with van der Waals surface area (Å²) < 4.78 is 4.89. The van der Waals surface area contributed by atoms with Gasteiger partial charge < -0.3 is 10.5 Å². The summed E-state index contributed by atoms with van der Waals surface area (Å²) >= 11 is 11.9. The van der Waals surface area contributed by atoms with Gasteiger partial charge in [0, 0.05) is 16.6 Å². The van der Waals surface area contributed by atoms with E-state index in [0.29, 0.717) is 20.9 Å². The normalized spacial score (nSPS) is 10.6. The van der Waals surface area contributed by atoms with E-state index in [2.05, 4.69) is 4.98 Å². The first-order chi connectivity index (χ1) is 8.54. The fourth-order valence-corrected chi connectivity index (χ4v) is 2.22. The van der Waals surface area contributed by atoms with Gasteiger partial charge in [0.25, 0.3) is 0 Å². The van der Waals surface area contributed by atoms with E-state index in [1.807, 2.05) is 0 Å². The van der Waals surface area contributed by atoms with Crippen LogP contribution in [0.25, 0.3) is 10.9 Å². The highest BCUT2D eigenvalue weighted by Crippen LogP contribution is 2.32. The van der Waals surface area contributed by atoms with Crippen LogP contribution in [0.2, 0.25) is 10.0 Å². The summed E-state index contributed by atoms with van der Waals surface area (Å²) in [5.74, 6) is -0.518. The van der Waals surface area contributed by atoms with Crippen LogP contribution in [0.4, 0.5) is 5.69 Å². The number of halogens is 2. The Kier molecular flexibility index (Phi) is 3.59. The Morgan fingerprint density at radius 1 is 1.44 bits per heavy atom. The van der Waals surface area contributed by atoms with Crippen LogP contribution in [0.3, 0.4) is 0 Å². The molecule has 0 bridgehead atoms. The summed E-state index contributed by atoms with van der Waals surface area (Å²) in [5.41, 5.74) is 6.93. The molecule has 1 heterocycles. The lowest BCUT2D eigenvalue weighted by Gasteiger charge is -2.09. The smallest absolute Gasteiger partial charge is 0.341 e. The molecule has 1 aromatic carbocycles. The molecular weight excluding hydrogens is 275 g/mol. The molecule has 0 aliphatic rings. The number of rotatable bonds is 2. The Morgan fingerprint density at radius 3 is 2.83 bits per heavy atom. The molecule has 1 aromatic heterocycles. The van der Waals surface area contributed by atoms with Gasteiger partial charge in [0.05, 0.1) is 22.8 Å². The minimum atomic E-state index is -0.518. The van der Waals surface area contributed by atoms with Crippen molar-refractivity contribution in [2.45, 2.75) is 6.92 Å². The van der Waals surface area contributed by atoms with Crippen LogP contribution >= 0.6 is 23.2 Å². The number of benzene rings is 1. The van der Waals surface area contributed by atoms with Gasteiger partial charge >= 0.3 is 5.97 Å². The lowest BCUT2D eigenvalue weighted by molar-refractivity contribution is 0.0527. The molecule has 4 nitrogen and oxygen atoms in total. The number of fused-ring (bicyclic) bond motifs is 1. The number of carbonyl (C=O) groups excluding carboxylic acids is 1. The fraction of sp³-hybridized carbons (Fsp3) is 0.167. The SMILES string of the molecule is CCOC(=O)c1cnc2cc(Cl)cc(Cl)c2c1N. The van der Waals surface area contributed by atoms with E-state index >= 15 is 0 Å². The minimum Gasteiger partial charge on any atom is -0.462 e. The molecule has 0 saturated carbocycles. The Hall–Kier alpha value is -1.52. The molecule has 0 atom stereocenters. The summed E-state index contributed by atoms with van der Waals surface area (Å²) in [4.78, 5) is 15.8. The van der Waals surface area contributed by atoms with Crippen LogP contribution in [0.15, 0.2) is 18.3 Å². The molecule has 18 heavy (non-hydrogen) atoms. The third kappa shape index (κ3) is 2.21. The predicted octanol–water partition coefficient (Wildman–Crippen LogP) is 3.30. The van der Waals surface area contributed by atoms with Crippen molar-refractivity contribution in [1.82, 2.24) is 4.98 Å². The first kappa shape index (κ1) is 12.9. The van der Waals surface area contributed by atoms with Crippen LogP contribution in [0, 0.1) is 0 Å². The molecule has 2 aromatic rings. The molecule has 0 fully saturated rings. The fourth-order valence-electron chi connectivity index (χ4n) is 1.64. The van der Waals surface area contributed by atoms with Gasteiger partial charge in [-0.25, -0.2) is 4.79 Å². The number of nitrogens with two attached hydrogens (primary N) is 1. The number of carbonyl (C=O) groups is 1. The summed E-state index contributed by atoms with van der Waals surface area (Å²) in [5, 5.41) is 1.32. The van der Waals surface area contributed by atoms with Crippen molar-refractivity contribution in [3.63, 3.8) is 0 Å². The topological polar surface area (TPSA) is 65.2 Å². The maximum atomic E-state index is 11.7. The third-order valence-corrected chi connectivity index (χ3v) is 2.94. The number of nitrogen functional groups attached to an aromatic ring is 1. The van der Waals surface area contributed by atoms with Crippen LogP contribution in [-0.2, 0) is 4.74 Å². The van der Waals surface area contributed by atoms with Crippen LogP contribution in [-0.4, -0.2) is 17.6 Å². The van der Waals surface area contributed by atoms with Crippen LogP contribution in [0.1, 0.15) is 17.3 Å². The molecular formula is C12H10Cl2N2O2. The summed E-state index contributed by atoms with van der Waals surface area (Å²) in [6.45, 7) is 1.99. The summed E-state index contributed by atoms with van der Waals surface area (Å²) in [7, 11) is 0. The average Bonchev–Trinajstić information content (AvgIpc) is 2.28. The first-order valence-corrected chi connectivity index (χ1v) is 6.00. The van der Waals surface area contributed by atoms with Crippen LogP contribution < -0.4 is 5.73 Å². The minimum absolute atomic E-state index is 0.202. The van der Waals surface area contributed by atoms with Crippen molar-refractivity contribution >= 4 is 45.8 Å². The molecule has 0 saturated heterocycles. The quantitative estimate of drug-likeness (QED) is 0.860. The van der Waals surface area contributed by atoms with Gasteiger partial charge in [-0.05, 0) is 19.1 Å². The van der Waals surface area contributed by atoms with E-state index in [-0.39, 0.29) is 17.9 Å². The van der Waals surface area contributed by atoms with E-state index in [1.54, 1.807) is 19.1 Å². The zero-order chi connectivity index (χ0) is 13.3. The van der Waals surface area contributed by atoms with Crippen LogP contribution in [0.5, 0.6) is 0 Å². The van der Waals surface area contributed by atoms with Crippen molar-refractivity contribution < 1.29 is 9.53 Å². The van der Waals surface area contributed by atoms with Gasteiger partial charge in [-0.3, -0.25) is 4.98 Å². The number of anilines is 1. The Morgan fingerprint density at radius 2 is 2.17 bits per heavy atom. The molecule has 0 aliphatic carbocycles. The number of hydrogen-bond donors (Lipinski definition) is 1. The van der Waals surface area contributed by atoms with E-state index < -0.39 is 5.97 Å². The van der Waals surface area contributed by atoms with Crippen molar-refractivity contribution in [3.05, 3.63) is 33.9 Å². The molecule has 2 rings (SSSR count). The Bertz CT molecular complexity index is 629. The number of ether oxygens (including phenoxy) is 1. The zero-order valence-corrected chi connectivity index (χ0v) is 11.0. The number of hydrogen-bond acceptors (Lipinski definition) is 4. The molecule has 6 heteroatoms. The van der Waals surface area contributed by atoms with Gasteiger partial charge in [-0.2, -0.15) is 0 Å². The van der Waals surface area contributed by atoms with Gasteiger partial charge in [-0.1, -0.05) is 23.2 Å². The van der Waals surface area contributed by atoms with E-state index in [0.717, 1.165) is 0 Å². The lowest BCUT2D eigenvalue weighted by atomic mass is 10.1. The predicted molar refractivity (Wildman–Crippen MR) is 72.1 cm³/mol. The molecule has 0 unspecified atom stereocenters. The maximum Gasteiger partial charge on any atom is 0.341 e. The number of aromatic nitrogens is 1.